The highest BCUT2D eigenvalue weighted by molar-refractivity contribution is 7.47. The molecule has 0 aliphatic rings. The summed E-state index contributed by atoms with van der Waals surface area (Å²) in [6.07, 6.45) is 45.6. The molecule has 0 aromatic heterocycles. The molecule has 0 radical (unpaired) electrons. The van der Waals surface area contributed by atoms with E-state index in [-0.39, 0.29) is 26.1 Å². The van der Waals surface area contributed by atoms with Crippen LogP contribution in [0.15, 0.2) is 60.8 Å². The number of ether oxygens (including phenoxy) is 2. The predicted molar refractivity (Wildman–Crippen MR) is 233 cm³/mol. The van der Waals surface area contributed by atoms with E-state index in [9.17, 15) is 19.0 Å². The second-order valence-corrected chi connectivity index (χ2v) is 17.1. The van der Waals surface area contributed by atoms with Crippen LogP contribution in [0.3, 0.4) is 0 Å². The van der Waals surface area contributed by atoms with E-state index in [2.05, 4.69) is 74.6 Å². The predicted octanol–water partition coefficient (Wildman–Crippen LogP) is 12.5. The highest BCUT2D eigenvalue weighted by atomic mass is 31.2. The number of carbonyl (C=O) groups excluding carboxylic acids is 2. The summed E-state index contributed by atoms with van der Waals surface area (Å²) < 4.78 is 34.2. The van der Waals surface area contributed by atoms with E-state index >= 15 is 0 Å². The summed E-state index contributed by atoms with van der Waals surface area (Å²) >= 11 is 0. The number of hydrogen-bond acceptors (Lipinski definition) is 7. The minimum absolute atomic E-state index is 0.0195. The standard InChI is InChI=1S/C46H82NO8P/c1-6-8-10-12-14-16-18-20-22-23-25-26-28-30-32-34-36-38-45(48)52-42-44(43-54-56(50,51)53-41-40-47(3,4)5)55-46(49)39-37-35-33-31-29-27-24-21-19-17-15-13-11-9-7-2/h9,11,15,17,21,24-26,30,32,44H,6-8,10,12-14,16,18-20,22-23,27-29,31,33-43H2,1-5H3/p+1/b11-9+,17-15+,24-21+,26-25+,32-30+/t44-/m1/s1. The molecule has 56 heavy (non-hydrogen) atoms. The molecule has 10 heteroatoms. The van der Waals surface area contributed by atoms with E-state index in [1.165, 1.54) is 57.8 Å². The molecule has 1 N–H and O–H groups in total. The van der Waals surface area contributed by atoms with Crippen molar-refractivity contribution in [2.45, 2.75) is 174 Å². The molecule has 1 unspecified atom stereocenters. The minimum atomic E-state index is -4.39. The fraction of sp³-hybridized carbons (Fsp3) is 0.739. The van der Waals surface area contributed by atoms with Gasteiger partial charge < -0.3 is 18.9 Å². The van der Waals surface area contributed by atoms with Crippen molar-refractivity contribution < 1.29 is 42.1 Å². The summed E-state index contributed by atoms with van der Waals surface area (Å²) in [6.45, 7) is 4.23. The molecule has 0 aliphatic carbocycles. The highest BCUT2D eigenvalue weighted by Gasteiger charge is 2.27. The van der Waals surface area contributed by atoms with Crippen molar-refractivity contribution in [3.8, 4) is 0 Å². The van der Waals surface area contributed by atoms with Crippen LogP contribution >= 0.6 is 7.82 Å². The van der Waals surface area contributed by atoms with Gasteiger partial charge in [0.2, 0.25) is 0 Å². The van der Waals surface area contributed by atoms with Crippen molar-refractivity contribution in [1.29, 1.82) is 0 Å². The molecule has 324 valence electrons. The van der Waals surface area contributed by atoms with Gasteiger partial charge in [0, 0.05) is 12.8 Å². The Bertz CT molecular complexity index is 1140. The van der Waals surface area contributed by atoms with Crippen molar-refractivity contribution in [3.05, 3.63) is 60.8 Å². The monoisotopic (exact) mass is 809 g/mol. The van der Waals surface area contributed by atoms with Crippen LogP contribution < -0.4 is 0 Å². The summed E-state index contributed by atoms with van der Waals surface area (Å²) in [5, 5.41) is 0. The minimum Gasteiger partial charge on any atom is -0.462 e. The summed E-state index contributed by atoms with van der Waals surface area (Å²) in [7, 11) is 1.43. The molecule has 0 saturated heterocycles. The topological polar surface area (TPSA) is 108 Å². The third-order valence-electron chi connectivity index (χ3n) is 9.03. The second kappa shape index (κ2) is 38.2. The number of unbranched alkanes of at least 4 members (excludes halogenated alkanes) is 15. The van der Waals surface area contributed by atoms with Crippen LogP contribution in [0.2, 0.25) is 0 Å². The Morgan fingerprint density at radius 2 is 1.04 bits per heavy atom. The third-order valence-corrected chi connectivity index (χ3v) is 10.0. The molecule has 0 saturated carbocycles. The smallest absolute Gasteiger partial charge is 0.462 e. The molecule has 9 nitrogen and oxygen atoms in total. The van der Waals surface area contributed by atoms with E-state index < -0.39 is 32.5 Å². The van der Waals surface area contributed by atoms with Crippen molar-refractivity contribution in [1.82, 2.24) is 0 Å². The molecule has 0 fully saturated rings. The molecule has 0 rings (SSSR count). The number of phosphoric ester groups is 1. The van der Waals surface area contributed by atoms with E-state index in [0.29, 0.717) is 23.9 Å². The number of phosphoric acid groups is 1. The zero-order chi connectivity index (χ0) is 41.4. The van der Waals surface area contributed by atoms with Gasteiger partial charge in [-0.15, -0.1) is 0 Å². The Labute approximate surface area is 343 Å². The van der Waals surface area contributed by atoms with Gasteiger partial charge in [-0.05, 0) is 70.6 Å². The molecule has 0 spiro atoms. The average Bonchev–Trinajstić information content (AvgIpc) is 3.15. The maximum Gasteiger partial charge on any atom is 0.472 e. The lowest BCUT2D eigenvalue weighted by Gasteiger charge is -2.24. The summed E-state index contributed by atoms with van der Waals surface area (Å²) in [4.78, 5) is 35.3. The summed E-state index contributed by atoms with van der Waals surface area (Å²) in [5.41, 5.74) is 0. The molecular weight excluding hydrogens is 725 g/mol. The van der Waals surface area contributed by atoms with Crippen LogP contribution in [0, 0.1) is 0 Å². The van der Waals surface area contributed by atoms with Gasteiger partial charge in [-0.1, -0.05) is 145 Å². The number of esters is 2. The van der Waals surface area contributed by atoms with Gasteiger partial charge in [0.05, 0.1) is 27.7 Å². The fourth-order valence-electron chi connectivity index (χ4n) is 5.60. The van der Waals surface area contributed by atoms with Crippen LogP contribution in [0.1, 0.15) is 168 Å². The SMILES string of the molecule is CC/C=C/C/C=C/C/C=C/CCCCCCCC(=O)O[C@H](COC(=O)CCC/C=C/C/C=C/CCCCCCCCCCC)COP(=O)(O)OCC[N+](C)(C)C. The van der Waals surface area contributed by atoms with Crippen LogP contribution in [-0.2, 0) is 32.7 Å². The van der Waals surface area contributed by atoms with E-state index in [1.807, 2.05) is 21.1 Å². The molecule has 0 heterocycles. The Hall–Kier alpha value is -2.29. The molecule has 0 aliphatic heterocycles. The summed E-state index contributed by atoms with van der Waals surface area (Å²) in [5.74, 6) is -0.875. The largest absolute Gasteiger partial charge is 0.472 e. The average molecular weight is 809 g/mol. The fourth-order valence-corrected chi connectivity index (χ4v) is 6.34. The first-order valence-corrected chi connectivity index (χ1v) is 23.5. The van der Waals surface area contributed by atoms with Crippen molar-refractivity contribution in [2.75, 3.05) is 47.5 Å². The van der Waals surface area contributed by atoms with E-state index in [0.717, 1.165) is 70.6 Å². The maximum absolute atomic E-state index is 12.7. The van der Waals surface area contributed by atoms with Crippen molar-refractivity contribution in [3.63, 3.8) is 0 Å². The van der Waals surface area contributed by atoms with Gasteiger partial charge in [0.1, 0.15) is 19.8 Å². The van der Waals surface area contributed by atoms with Crippen LogP contribution in [-0.4, -0.2) is 74.9 Å². The van der Waals surface area contributed by atoms with Gasteiger partial charge >= 0.3 is 19.8 Å². The quantitative estimate of drug-likeness (QED) is 0.0215. The lowest BCUT2D eigenvalue weighted by atomic mass is 10.1. The van der Waals surface area contributed by atoms with E-state index in [4.69, 9.17) is 18.5 Å². The van der Waals surface area contributed by atoms with Crippen molar-refractivity contribution in [2.24, 2.45) is 0 Å². The first-order valence-electron chi connectivity index (χ1n) is 22.0. The van der Waals surface area contributed by atoms with Crippen molar-refractivity contribution >= 4 is 19.8 Å². The Kier molecular flexibility index (Phi) is 36.7. The highest BCUT2D eigenvalue weighted by Crippen LogP contribution is 2.43. The lowest BCUT2D eigenvalue weighted by molar-refractivity contribution is -0.870. The molecule has 0 bridgehead atoms. The number of hydrogen-bond donors (Lipinski definition) is 1. The Morgan fingerprint density at radius 3 is 1.57 bits per heavy atom. The van der Waals surface area contributed by atoms with Gasteiger partial charge in [-0.25, -0.2) is 4.57 Å². The Morgan fingerprint density at radius 1 is 0.571 bits per heavy atom. The zero-order valence-electron chi connectivity index (χ0n) is 36.3. The van der Waals surface area contributed by atoms with Gasteiger partial charge in [0.25, 0.3) is 0 Å². The molecule has 0 aromatic rings. The lowest BCUT2D eigenvalue weighted by Crippen LogP contribution is -2.37. The number of nitrogens with zero attached hydrogens (tertiary/aromatic N) is 1. The van der Waals surface area contributed by atoms with Crippen LogP contribution in [0.4, 0.5) is 0 Å². The van der Waals surface area contributed by atoms with Crippen LogP contribution in [0.5, 0.6) is 0 Å². The normalized spacial score (nSPS) is 14.2. The molecule has 0 aromatic carbocycles. The zero-order valence-corrected chi connectivity index (χ0v) is 37.2. The van der Waals surface area contributed by atoms with Gasteiger partial charge in [-0.3, -0.25) is 18.6 Å². The van der Waals surface area contributed by atoms with Gasteiger partial charge in [-0.2, -0.15) is 0 Å². The van der Waals surface area contributed by atoms with Crippen LogP contribution in [0.25, 0.3) is 0 Å². The second-order valence-electron chi connectivity index (χ2n) is 15.7. The number of allylic oxidation sites excluding steroid dienone is 10. The molecule has 0 amide bonds. The number of rotatable bonds is 39. The van der Waals surface area contributed by atoms with E-state index in [1.54, 1.807) is 0 Å². The number of carbonyl (C=O) groups is 2. The Balaban J connectivity index is 4.45. The van der Waals surface area contributed by atoms with Gasteiger partial charge in [0.15, 0.2) is 6.10 Å². The number of likely N-dealkylation sites (N-methyl/N-ethyl adjacent to an activating group) is 1. The third kappa shape index (κ3) is 41.3. The molecule has 2 atom stereocenters. The summed E-state index contributed by atoms with van der Waals surface area (Å²) in [6, 6.07) is 0. The number of quaternary nitrogens is 1. The first-order chi connectivity index (χ1) is 27.0. The first kappa shape index (κ1) is 53.7. The molecular formula is C46H83NO8P+. The maximum atomic E-state index is 12.7.